The molecule has 1 fully saturated rings. The molecule has 82 valence electrons. The van der Waals surface area contributed by atoms with Gasteiger partial charge in [-0.05, 0) is 35.4 Å². The van der Waals surface area contributed by atoms with Crippen molar-refractivity contribution < 1.29 is 4.21 Å². The number of rotatable bonds is 2. The third-order valence-corrected chi connectivity index (χ3v) is 4.28. The number of hydrogen-bond acceptors (Lipinski definition) is 4. The molecule has 0 spiro atoms. The van der Waals surface area contributed by atoms with E-state index in [1.165, 1.54) is 0 Å². The van der Waals surface area contributed by atoms with Crippen molar-refractivity contribution in [2.24, 2.45) is 0 Å². The number of aromatic nitrogens is 2. The van der Waals surface area contributed by atoms with Crippen molar-refractivity contribution in [2.45, 2.75) is 18.9 Å². The van der Waals surface area contributed by atoms with Crippen LogP contribution in [0, 0.1) is 3.57 Å². The first-order valence-electron chi connectivity index (χ1n) is 4.83. The Morgan fingerprint density at radius 2 is 1.93 bits per heavy atom. The van der Waals surface area contributed by atoms with Crippen molar-refractivity contribution in [3.05, 3.63) is 16.0 Å². The summed E-state index contributed by atoms with van der Waals surface area (Å²) in [5.41, 5.74) is 0. The minimum atomic E-state index is -0.605. The van der Waals surface area contributed by atoms with E-state index in [9.17, 15) is 4.21 Å². The molecule has 1 aliphatic heterocycles. The summed E-state index contributed by atoms with van der Waals surface area (Å²) in [6.45, 7) is 0. The molecule has 1 N–H and O–H groups in total. The van der Waals surface area contributed by atoms with E-state index in [4.69, 9.17) is 0 Å². The zero-order valence-corrected chi connectivity index (χ0v) is 11.1. The Balaban J connectivity index is 1.91. The van der Waals surface area contributed by atoms with Gasteiger partial charge in [-0.1, -0.05) is 0 Å². The summed E-state index contributed by atoms with van der Waals surface area (Å²) in [6, 6.07) is 0.378. The number of nitrogens with zero attached hydrogens (tertiary/aromatic N) is 2. The molecule has 1 saturated heterocycles. The summed E-state index contributed by atoms with van der Waals surface area (Å²) in [5.74, 6) is 2.26. The highest BCUT2D eigenvalue weighted by molar-refractivity contribution is 14.1. The molecule has 1 aliphatic rings. The molecule has 0 radical (unpaired) electrons. The predicted octanol–water partition coefficient (Wildman–Crippen LogP) is 1.40. The number of halogens is 1. The maximum Gasteiger partial charge on any atom is 0.222 e. The topological polar surface area (TPSA) is 54.9 Å². The molecular weight excluding hydrogens is 325 g/mol. The predicted molar refractivity (Wildman–Crippen MR) is 69.3 cm³/mol. The lowest BCUT2D eigenvalue weighted by Crippen LogP contribution is -2.30. The van der Waals surface area contributed by atoms with Crippen LogP contribution in [0.15, 0.2) is 12.4 Å². The maximum atomic E-state index is 11.2. The fourth-order valence-electron chi connectivity index (χ4n) is 1.51. The van der Waals surface area contributed by atoms with Crippen LogP contribution >= 0.6 is 22.6 Å². The van der Waals surface area contributed by atoms with Crippen LogP contribution < -0.4 is 5.32 Å². The van der Waals surface area contributed by atoms with E-state index in [1.54, 1.807) is 12.4 Å². The summed E-state index contributed by atoms with van der Waals surface area (Å²) < 4.78 is 12.2. The Morgan fingerprint density at radius 3 is 2.53 bits per heavy atom. The van der Waals surface area contributed by atoms with Crippen LogP contribution in [-0.2, 0) is 10.8 Å². The van der Waals surface area contributed by atoms with Crippen molar-refractivity contribution in [1.82, 2.24) is 9.97 Å². The molecule has 2 heterocycles. The lowest BCUT2D eigenvalue weighted by Gasteiger charge is -2.22. The normalized spacial score (nSPS) is 26.2. The SMILES string of the molecule is O=S1CCC(Nc2ncc(I)cn2)CC1. The fourth-order valence-corrected chi connectivity index (χ4v) is 3.09. The van der Waals surface area contributed by atoms with Gasteiger partial charge in [0.05, 0.1) is 0 Å². The smallest absolute Gasteiger partial charge is 0.222 e. The highest BCUT2D eigenvalue weighted by atomic mass is 127. The molecule has 0 unspecified atom stereocenters. The second-order valence-electron chi connectivity index (χ2n) is 3.49. The molecule has 0 bridgehead atoms. The fraction of sp³-hybridized carbons (Fsp3) is 0.556. The minimum Gasteiger partial charge on any atom is -0.351 e. The Hall–Kier alpha value is -0.240. The van der Waals surface area contributed by atoms with E-state index in [2.05, 4.69) is 37.9 Å². The molecule has 0 saturated carbocycles. The number of nitrogens with one attached hydrogen (secondary N) is 1. The average Bonchev–Trinajstić information content (AvgIpc) is 2.25. The molecule has 0 amide bonds. The number of hydrogen-bond donors (Lipinski definition) is 1. The van der Waals surface area contributed by atoms with Crippen LogP contribution in [0.3, 0.4) is 0 Å². The van der Waals surface area contributed by atoms with Gasteiger partial charge in [-0.25, -0.2) is 9.97 Å². The van der Waals surface area contributed by atoms with Crippen molar-refractivity contribution in [2.75, 3.05) is 16.8 Å². The van der Waals surface area contributed by atoms with Gasteiger partial charge >= 0.3 is 0 Å². The largest absolute Gasteiger partial charge is 0.351 e. The highest BCUT2D eigenvalue weighted by Gasteiger charge is 2.17. The molecule has 4 nitrogen and oxygen atoms in total. The molecule has 0 aromatic carbocycles. The van der Waals surface area contributed by atoms with Crippen molar-refractivity contribution in [3.63, 3.8) is 0 Å². The minimum absolute atomic E-state index is 0.378. The Morgan fingerprint density at radius 1 is 1.33 bits per heavy atom. The molecule has 0 aliphatic carbocycles. The van der Waals surface area contributed by atoms with Gasteiger partial charge < -0.3 is 5.32 Å². The standard InChI is InChI=1S/C9H12IN3OS/c10-7-5-11-9(12-6-7)13-8-1-3-15(14)4-2-8/h5-6,8H,1-4H2,(H,11,12,13). The van der Waals surface area contributed by atoms with Gasteiger partial charge in [-0.15, -0.1) is 0 Å². The van der Waals surface area contributed by atoms with E-state index in [-0.39, 0.29) is 0 Å². The highest BCUT2D eigenvalue weighted by Crippen LogP contribution is 2.13. The molecular formula is C9H12IN3OS. The van der Waals surface area contributed by atoms with Crippen LogP contribution in [-0.4, -0.2) is 31.7 Å². The molecule has 1 aromatic rings. The Bertz CT molecular complexity index is 347. The van der Waals surface area contributed by atoms with Crippen molar-refractivity contribution >= 4 is 39.3 Å². The monoisotopic (exact) mass is 337 g/mol. The van der Waals surface area contributed by atoms with Crippen LogP contribution in [0.5, 0.6) is 0 Å². The first-order valence-corrected chi connectivity index (χ1v) is 7.40. The van der Waals surface area contributed by atoms with Gasteiger partial charge in [0, 0.05) is 44.3 Å². The Kier molecular flexibility index (Phi) is 3.90. The van der Waals surface area contributed by atoms with Gasteiger partial charge in [-0.3, -0.25) is 4.21 Å². The van der Waals surface area contributed by atoms with Gasteiger partial charge in [0.2, 0.25) is 5.95 Å². The summed E-state index contributed by atoms with van der Waals surface area (Å²) in [5, 5.41) is 3.27. The van der Waals surface area contributed by atoms with E-state index < -0.39 is 10.8 Å². The van der Waals surface area contributed by atoms with E-state index in [0.29, 0.717) is 12.0 Å². The van der Waals surface area contributed by atoms with Crippen LogP contribution in [0.2, 0.25) is 0 Å². The molecule has 0 atom stereocenters. The molecule has 6 heteroatoms. The maximum absolute atomic E-state index is 11.2. The third-order valence-electron chi connectivity index (χ3n) is 2.34. The van der Waals surface area contributed by atoms with Crippen molar-refractivity contribution in [3.8, 4) is 0 Å². The van der Waals surface area contributed by atoms with Gasteiger partial charge in [-0.2, -0.15) is 0 Å². The van der Waals surface area contributed by atoms with Gasteiger partial charge in [0.15, 0.2) is 0 Å². The average molecular weight is 337 g/mol. The van der Waals surface area contributed by atoms with Crippen LogP contribution in [0.1, 0.15) is 12.8 Å². The molecule has 15 heavy (non-hydrogen) atoms. The van der Waals surface area contributed by atoms with Crippen molar-refractivity contribution in [1.29, 1.82) is 0 Å². The summed E-state index contributed by atoms with van der Waals surface area (Å²) in [4.78, 5) is 8.37. The molecule has 2 rings (SSSR count). The quantitative estimate of drug-likeness (QED) is 0.829. The lowest BCUT2D eigenvalue weighted by molar-refractivity contribution is 0.620. The zero-order chi connectivity index (χ0) is 10.7. The second-order valence-corrected chi connectivity index (χ2v) is 6.43. The summed E-state index contributed by atoms with van der Waals surface area (Å²) in [6.07, 6.45) is 5.47. The third kappa shape index (κ3) is 3.37. The first kappa shape index (κ1) is 11.3. The van der Waals surface area contributed by atoms with Crippen LogP contribution in [0.25, 0.3) is 0 Å². The lowest BCUT2D eigenvalue weighted by atomic mass is 10.2. The van der Waals surface area contributed by atoms with E-state index in [1.807, 2.05) is 0 Å². The van der Waals surface area contributed by atoms with Gasteiger partial charge in [0.1, 0.15) is 0 Å². The summed E-state index contributed by atoms with van der Waals surface area (Å²) >= 11 is 2.18. The van der Waals surface area contributed by atoms with Gasteiger partial charge in [0.25, 0.3) is 0 Å². The van der Waals surface area contributed by atoms with Crippen LogP contribution in [0.4, 0.5) is 5.95 Å². The van der Waals surface area contributed by atoms with E-state index >= 15 is 0 Å². The zero-order valence-electron chi connectivity index (χ0n) is 8.15. The second kappa shape index (κ2) is 5.20. The molecule has 1 aromatic heterocycles. The number of anilines is 1. The first-order chi connectivity index (χ1) is 7.24. The van der Waals surface area contributed by atoms with E-state index in [0.717, 1.165) is 27.9 Å². The Labute approximate surface area is 105 Å². The summed E-state index contributed by atoms with van der Waals surface area (Å²) in [7, 11) is -0.605.